The molecule has 274 valence electrons. The van der Waals surface area contributed by atoms with Crippen LogP contribution in [0.3, 0.4) is 0 Å². The molecule has 0 amide bonds. The fourth-order valence-corrected chi connectivity index (χ4v) is 9.83. The average molecular weight is 740 g/mol. The van der Waals surface area contributed by atoms with Gasteiger partial charge in [-0.25, -0.2) is 0 Å². The fraction of sp³-hybridized carbons (Fsp3) is 0.0526. The topological polar surface area (TPSA) is 3.24 Å². The smallest absolute Gasteiger partial charge is 0.0543 e. The van der Waals surface area contributed by atoms with Crippen molar-refractivity contribution >= 4 is 49.4 Å². The van der Waals surface area contributed by atoms with Gasteiger partial charge in [0.25, 0.3) is 0 Å². The standard InChI is InChI=1S/C57H41N/c1-57(2)51-31-16-32-53(55(51)50-34-33-40-21-9-10-26-47(40)56(50)57)58(52-36-35-44(38-17-5-3-6-18-38)48-27-11-12-28-49(48)52)43-25-13-24-42(37-43)46-30-15-23-41-22-14-29-45(54(41)46)39-19-7-4-8-20-39/h3-37H,1-2H3. The van der Waals surface area contributed by atoms with Crippen LogP contribution in [0.4, 0.5) is 17.1 Å². The van der Waals surface area contributed by atoms with Gasteiger partial charge in [0.1, 0.15) is 0 Å². The molecular formula is C57H41N. The minimum atomic E-state index is -0.189. The largest absolute Gasteiger partial charge is 0.309 e. The van der Waals surface area contributed by atoms with E-state index in [2.05, 4.69) is 231 Å². The van der Waals surface area contributed by atoms with Crippen molar-refractivity contribution in [3.8, 4) is 44.5 Å². The molecule has 0 unspecified atom stereocenters. The van der Waals surface area contributed by atoms with Gasteiger partial charge in [-0.15, -0.1) is 0 Å². The van der Waals surface area contributed by atoms with Crippen molar-refractivity contribution in [2.75, 3.05) is 4.90 Å². The van der Waals surface area contributed by atoms with Gasteiger partial charge in [0.05, 0.1) is 11.4 Å². The first-order valence-corrected chi connectivity index (χ1v) is 20.3. The zero-order valence-electron chi connectivity index (χ0n) is 32.7. The number of hydrogen-bond acceptors (Lipinski definition) is 1. The van der Waals surface area contributed by atoms with Gasteiger partial charge >= 0.3 is 0 Å². The van der Waals surface area contributed by atoms with Crippen LogP contribution < -0.4 is 4.90 Å². The predicted octanol–water partition coefficient (Wildman–Crippen LogP) is 15.9. The Hall–Kier alpha value is -7.22. The molecule has 0 bridgehead atoms. The van der Waals surface area contributed by atoms with Gasteiger partial charge in [0.2, 0.25) is 0 Å². The quantitative estimate of drug-likeness (QED) is 0.164. The van der Waals surface area contributed by atoms with Crippen molar-refractivity contribution in [1.82, 2.24) is 0 Å². The monoisotopic (exact) mass is 739 g/mol. The third-order valence-corrected chi connectivity index (χ3v) is 12.4. The van der Waals surface area contributed by atoms with Crippen LogP contribution in [-0.4, -0.2) is 0 Å². The average Bonchev–Trinajstić information content (AvgIpc) is 3.53. The van der Waals surface area contributed by atoms with Gasteiger partial charge in [-0.2, -0.15) is 0 Å². The van der Waals surface area contributed by atoms with Crippen LogP contribution in [0, 0.1) is 0 Å². The maximum Gasteiger partial charge on any atom is 0.0543 e. The van der Waals surface area contributed by atoms with Crippen LogP contribution in [0.2, 0.25) is 0 Å². The molecule has 10 aromatic carbocycles. The van der Waals surface area contributed by atoms with Crippen LogP contribution in [0.5, 0.6) is 0 Å². The highest BCUT2D eigenvalue weighted by atomic mass is 15.1. The Morgan fingerprint density at radius 2 is 0.931 bits per heavy atom. The molecule has 0 heterocycles. The van der Waals surface area contributed by atoms with Crippen LogP contribution >= 0.6 is 0 Å². The number of rotatable bonds is 6. The second kappa shape index (κ2) is 13.5. The number of nitrogens with zero attached hydrogens (tertiary/aromatic N) is 1. The lowest BCUT2D eigenvalue weighted by Gasteiger charge is -2.30. The van der Waals surface area contributed by atoms with Gasteiger partial charge in [-0.05, 0) is 101 Å². The second-order valence-corrected chi connectivity index (χ2v) is 16.0. The highest BCUT2D eigenvalue weighted by Gasteiger charge is 2.39. The number of hydrogen-bond donors (Lipinski definition) is 0. The second-order valence-electron chi connectivity index (χ2n) is 16.0. The van der Waals surface area contributed by atoms with E-state index in [0.717, 1.165) is 11.4 Å². The van der Waals surface area contributed by atoms with Crippen molar-refractivity contribution in [1.29, 1.82) is 0 Å². The van der Waals surface area contributed by atoms with E-state index in [1.165, 1.54) is 93.6 Å². The Kier molecular flexibility index (Phi) is 7.91. The fourth-order valence-electron chi connectivity index (χ4n) is 9.83. The maximum atomic E-state index is 2.53. The van der Waals surface area contributed by atoms with E-state index < -0.39 is 0 Å². The third kappa shape index (κ3) is 5.31. The molecule has 1 aliphatic carbocycles. The van der Waals surface area contributed by atoms with E-state index >= 15 is 0 Å². The molecule has 0 aliphatic heterocycles. The molecule has 0 N–H and O–H groups in total. The molecule has 0 saturated carbocycles. The van der Waals surface area contributed by atoms with Crippen molar-refractivity contribution < 1.29 is 0 Å². The first-order valence-electron chi connectivity index (χ1n) is 20.3. The minimum absolute atomic E-state index is 0.189. The maximum absolute atomic E-state index is 2.53. The van der Waals surface area contributed by atoms with E-state index in [9.17, 15) is 0 Å². The molecule has 0 aromatic heterocycles. The van der Waals surface area contributed by atoms with E-state index in [4.69, 9.17) is 0 Å². The summed E-state index contributed by atoms with van der Waals surface area (Å²) in [4.78, 5) is 2.53. The summed E-state index contributed by atoms with van der Waals surface area (Å²) in [5, 5.41) is 7.54. The molecule has 1 nitrogen and oxygen atoms in total. The summed E-state index contributed by atoms with van der Waals surface area (Å²) in [6.07, 6.45) is 0. The summed E-state index contributed by atoms with van der Waals surface area (Å²) in [6.45, 7) is 4.79. The third-order valence-electron chi connectivity index (χ3n) is 12.4. The Morgan fingerprint density at radius 3 is 1.69 bits per heavy atom. The zero-order chi connectivity index (χ0) is 38.8. The Bertz CT molecular complexity index is 3190. The molecular weight excluding hydrogens is 699 g/mol. The molecule has 0 spiro atoms. The SMILES string of the molecule is CC1(C)c2cccc(N(c3cccc(-c4cccc5cccc(-c6ccccc6)c45)c3)c3ccc(-c4ccccc4)c4ccccc34)c2-c2ccc3ccccc3c21. The summed E-state index contributed by atoms with van der Waals surface area (Å²) in [6, 6.07) is 78.1. The van der Waals surface area contributed by atoms with E-state index in [1.54, 1.807) is 0 Å². The van der Waals surface area contributed by atoms with Gasteiger partial charge in [0, 0.05) is 22.1 Å². The molecule has 0 atom stereocenters. The Balaban J connectivity index is 1.19. The molecule has 1 aliphatic rings. The van der Waals surface area contributed by atoms with Crippen LogP contribution in [0.1, 0.15) is 25.0 Å². The lowest BCUT2D eigenvalue weighted by atomic mass is 9.80. The molecule has 58 heavy (non-hydrogen) atoms. The first kappa shape index (κ1) is 34.1. The molecule has 0 fully saturated rings. The molecule has 10 aromatic rings. The summed E-state index contributed by atoms with van der Waals surface area (Å²) in [5.74, 6) is 0. The van der Waals surface area contributed by atoms with Crippen LogP contribution in [0.15, 0.2) is 212 Å². The van der Waals surface area contributed by atoms with Crippen molar-refractivity contribution in [2.45, 2.75) is 19.3 Å². The lowest BCUT2D eigenvalue weighted by molar-refractivity contribution is 0.666. The van der Waals surface area contributed by atoms with Gasteiger partial charge in [-0.1, -0.05) is 202 Å². The molecule has 0 radical (unpaired) electrons. The molecule has 11 rings (SSSR count). The van der Waals surface area contributed by atoms with Crippen molar-refractivity contribution in [3.05, 3.63) is 223 Å². The van der Waals surface area contributed by atoms with E-state index in [0.29, 0.717) is 0 Å². The summed E-state index contributed by atoms with van der Waals surface area (Å²) < 4.78 is 0. The van der Waals surface area contributed by atoms with Crippen molar-refractivity contribution in [3.63, 3.8) is 0 Å². The first-order chi connectivity index (χ1) is 28.6. The number of benzene rings is 10. The van der Waals surface area contributed by atoms with Gasteiger partial charge < -0.3 is 4.90 Å². The Labute approximate surface area is 340 Å². The highest BCUT2D eigenvalue weighted by molar-refractivity contribution is 6.10. The number of fused-ring (bicyclic) bond motifs is 7. The molecule has 0 saturated heterocycles. The minimum Gasteiger partial charge on any atom is -0.309 e. The summed E-state index contributed by atoms with van der Waals surface area (Å²) >= 11 is 0. The normalized spacial score (nSPS) is 12.8. The zero-order valence-corrected chi connectivity index (χ0v) is 32.7. The van der Waals surface area contributed by atoms with E-state index in [-0.39, 0.29) is 5.41 Å². The van der Waals surface area contributed by atoms with Gasteiger partial charge in [-0.3, -0.25) is 0 Å². The summed E-state index contributed by atoms with van der Waals surface area (Å²) in [5.41, 5.74) is 15.9. The highest BCUT2D eigenvalue weighted by Crippen LogP contribution is 2.57. The van der Waals surface area contributed by atoms with Crippen LogP contribution in [0.25, 0.3) is 76.8 Å². The lowest BCUT2D eigenvalue weighted by Crippen LogP contribution is -2.16. The summed E-state index contributed by atoms with van der Waals surface area (Å²) in [7, 11) is 0. The number of anilines is 3. The predicted molar refractivity (Wildman–Crippen MR) is 248 cm³/mol. The molecule has 1 heteroatoms. The van der Waals surface area contributed by atoms with Crippen molar-refractivity contribution in [2.24, 2.45) is 0 Å². The Morgan fingerprint density at radius 1 is 0.362 bits per heavy atom. The van der Waals surface area contributed by atoms with E-state index in [1.807, 2.05) is 0 Å². The van der Waals surface area contributed by atoms with Crippen LogP contribution in [-0.2, 0) is 5.41 Å². The van der Waals surface area contributed by atoms with Gasteiger partial charge in [0.15, 0.2) is 0 Å².